The Labute approximate surface area is 301 Å². The van der Waals surface area contributed by atoms with Gasteiger partial charge in [-0.15, -0.1) is 10.2 Å². The number of nitrogens with two attached hydrogens (primary N) is 1. The summed E-state index contributed by atoms with van der Waals surface area (Å²) in [5.74, 6) is -1.79. The summed E-state index contributed by atoms with van der Waals surface area (Å²) in [6, 6.07) is 6.07. The van der Waals surface area contributed by atoms with Crippen LogP contribution in [0.15, 0.2) is 67.4 Å². The van der Waals surface area contributed by atoms with Crippen molar-refractivity contribution in [1.82, 2.24) is 0 Å². The van der Waals surface area contributed by atoms with Gasteiger partial charge < -0.3 is 24.5 Å². The Morgan fingerprint density at radius 3 is 1.93 bits per heavy atom. The molecule has 0 aliphatic carbocycles. The van der Waals surface area contributed by atoms with E-state index in [1.54, 1.807) is 0 Å². The molecule has 0 heterocycles. The first-order chi connectivity index (χ1) is 17.3. The summed E-state index contributed by atoms with van der Waals surface area (Å²) in [4.78, 5) is -2.65. The second kappa shape index (κ2) is 15.2. The molecule has 41 heavy (non-hydrogen) atoms. The predicted molar refractivity (Wildman–Crippen MR) is 124 cm³/mol. The molecule has 3 aromatic carbocycles. The Morgan fingerprint density at radius 1 is 0.780 bits per heavy atom. The van der Waals surface area contributed by atoms with Crippen LogP contribution < -0.4 is 94.4 Å². The number of aromatic hydroxyl groups is 1. The molecule has 3 N–H and O–H groups in total. The van der Waals surface area contributed by atoms with Crippen LogP contribution in [0.5, 0.6) is 5.75 Å². The van der Waals surface area contributed by atoms with Crippen LogP contribution in [0.3, 0.4) is 0 Å². The summed E-state index contributed by atoms with van der Waals surface area (Å²) in [5.41, 5.74) is 4.73. The van der Waals surface area contributed by atoms with Gasteiger partial charge in [0.15, 0.2) is 9.84 Å². The summed E-state index contributed by atoms with van der Waals surface area (Å²) in [5, 5.41) is 17.5. The van der Waals surface area contributed by atoms with E-state index in [2.05, 4.69) is 14.4 Å². The third-order valence-corrected chi connectivity index (χ3v) is 8.57. The molecule has 206 valence electrons. The van der Waals surface area contributed by atoms with Crippen LogP contribution in [0.1, 0.15) is 0 Å². The van der Waals surface area contributed by atoms with Crippen LogP contribution in [0.2, 0.25) is 0 Å². The number of azo groups is 1. The largest absolute Gasteiger partial charge is 1.00 e. The molecule has 0 unspecified atom stereocenters. The normalized spacial score (nSPS) is 12.4. The average Bonchev–Trinajstić information content (AvgIpc) is 2.76. The fourth-order valence-corrected chi connectivity index (χ4v) is 5.85. The minimum Gasteiger partial charge on any atom is -0.744 e. The van der Waals surface area contributed by atoms with Crippen molar-refractivity contribution in [3.63, 3.8) is 0 Å². The number of nitrogens with zero attached hydrogens (tertiary/aromatic N) is 2. The number of rotatable bonds is 9. The van der Waals surface area contributed by atoms with Crippen molar-refractivity contribution in [2.75, 3.05) is 18.1 Å². The number of phenolic OH excluding ortho intramolecular Hbond substituents is 1. The monoisotopic (exact) mass is 677 g/mol. The van der Waals surface area contributed by atoms with Crippen molar-refractivity contribution in [1.29, 1.82) is 0 Å². The van der Waals surface area contributed by atoms with Crippen LogP contribution in [0.4, 0.5) is 17.1 Å². The van der Waals surface area contributed by atoms with Crippen LogP contribution in [-0.2, 0) is 44.7 Å². The van der Waals surface area contributed by atoms with Gasteiger partial charge >= 0.3 is 88.7 Å². The van der Waals surface area contributed by atoms with Crippen LogP contribution in [0, 0.1) is 0 Å². The number of fused-ring (bicyclic) bond motifs is 1. The fourth-order valence-electron chi connectivity index (χ4n) is 3.10. The van der Waals surface area contributed by atoms with E-state index in [0.29, 0.717) is 12.1 Å². The number of benzene rings is 3. The molecule has 0 fully saturated rings. The van der Waals surface area contributed by atoms with Crippen LogP contribution in [0.25, 0.3) is 10.8 Å². The van der Waals surface area contributed by atoms with E-state index in [1.165, 1.54) is 12.1 Å². The maximum absolute atomic E-state index is 12.4. The SMILES string of the molecule is Nc1ccc2cc(S(=O)(=O)[O-])cc(O)c2c1N=Nc1ccc(S(=O)(=O)CCOS(=O)(=O)[O-])cc1S(=O)(=O)[O-].[Na+].[Na+].[Na+]. The van der Waals surface area contributed by atoms with Gasteiger partial charge in [-0.1, -0.05) is 6.07 Å². The molecule has 0 atom stereocenters. The first-order valence-electron chi connectivity index (χ1n) is 9.65. The Bertz CT molecular complexity index is 1920. The van der Waals surface area contributed by atoms with Gasteiger partial charge in [0.1, 0.15) is 37.4 Å². The van der Waals surface area contributed by atoms with E-state index in [-0.39, 0.29) is 111 Å². The Hall–Kier alpha value is -0.240. The summed E-state index contributed by atoms with van der Waals surface area (Å²) in [6.07, 6.45) is 0. The van der Waals surface area contributed by atoms with E-state index < -0.39 is 79.0 Å². The Kier molecular flexibility index (Phi) is 15.1. The smallest absolute Gasteiger partial charge is 0.744 e. The number of hydrogen-bond acceptors (Lipinski definition) is 16. The minimum absolute atomic E-state index is 0. The number of sulfone groups is 1. The molecule has 0 aliphatic heterocycles. The van der Waals surface area contributed by atoms with Gasteiger partial charge in [0, 0.05) is 0 Å². The maximum Gasteiger partial charge on any atom is 1.00 e. The molecule has 0 aromatic heterocycles. The molecular formula is C18H14N3Na3O13S4. The number of hydrogen-bond donors (Lipinski definition) is 2. The van der Waals surface area contributed by atoms with Gasteiger partial charge in [0.2, 0.25) is 10.4 Å². The van der Waals surface area contributed by atoms with Crippen LogP contribution >= 0.6 is 0 Å². The van der Waals surface area contributed by atoms with Crippen molar-refractivity contribution in [2.24, 2.45) is 10.2 Å². The predicted octanol–water partition coefficient (Wildman–Crippen LogP) is -8.39. The van der Waals surface area contributed by atoms with Gasteiger partial charge in [-0.2, -0.15) is 0 Å². The van der Waals surface area contributed by atoms with E-state index in [4.69, 9.17) is 5.73 Å². The van der Waals surface area contributed by atoms with Crippen molar-refractivity contribution in [3.8, 4) is 5.75 Å². The first kappa shape index (κ1) is 40.8. The minimum atomic E-state index is -5.37. The topological polar surface area (TPSA) is 286 Å². The molecule has 0 spiro atoms. The van der Waals surface area contributed by atoms with Crippen molar-refractivity contribution in [3.05, 3.63) is 42.5 Å². The van der Waals surface area contributed by atoms with E-state index in [0.717, 1.165) is 18.2 Å². The van der Waals surface area contributed by atoms with Gasteiger partial charge in [-0.3, -0.25) is 4.18 Å². The molecular weight excluding hydrogens is 663 g/mol. The van der Waals surface area contributed by atoms with E-state index in [9.17, 15) is 52.4 Å². The molecule has 0 saturated heterocycles. The Balaban J connectivity index is 0.00000533. The third-order valence-electron chi connectivity index (χ3n) is 4.76. The summed E-state index contributed by atoms with van der Waals surface area (Å²) < 4.78 is 129. The molecule has 3 aromatic rings. The van der Waals surface area contributed by atoms with Gasteiger partial charge in [0.05, 0.1) is 38.1 Å². The molecule has 0 aliphatic rings. The summed E-state index contributed by atoms with van der Waals surface area (Å²) >= 11 is 0. The molecule has 16 nitrogen and oxygen atoms in total. The van der Waals surface area contributed by atoms with Crippen LogP contribution in [-0.4, -0.2) is 64.8 Å². The van der Waals surface area contributed by atoms with Gasteiger partial charge in [0.25, 0.3) is 0 Å². The second-order valence-electron chi connectivity index (χ2n) is 7.33. The summed E-state index contributed by atoms with van der Waals surface area (Å²) in [6.45, 7) is -1.08. The molecule has 0 radical (unpaired) electrons. The fraction of sp³-hybridized carbons (Fsp3) is 0.111. The maximum atomic E-state index is 12.4. The molecule has 3 rings (SSSR count). The van der Waals surface area contributed by atoms with Crippen molar-refractivity contribution in [2.45, 2.75) is 14.7 Å². The zero-order chi connectivity index (χ0) is 28.7. The van der Waals surface area contributed by atoms with Gasteiger partial charge in [-0.25, -0.2) is 33.7 Å². The molecule has 23 heteroatoms. The standard InChI is InChI=1S/C18H17N3O13S4.3Na/c19-13-3-1-10-7-12(36(25,26)27)8-15(22)17(10)18(13)21-20-14-4-2-11(9-16(14)37(28,29)30)35(23,24)6-5-34-38(31,32)33;;;/h1-4,7-9,22H,5-6,19H2,(H,25,26,27)(H,28,29,30)(H,31,32,33);;;/q;3*+1/p-3. The quantitative estimate of drug-likeness (QED) is 0.0699. The first-order valence-corrected chi connectivity index (χ1v) is 15.5. The summed E-state index contributed by atoms with van der Waals surface area (Å²) in [7, 11) is -20.0. The number of anilines is 1. The van der Waals surface area contributed by atoms with E-state index in [1.807, 2.05) is 0 Å². The second-order valence-corrected chi connectivity index (χ2v) is 13.2. The Morgan fingerprint density at radius 2 is 1.39 bits per heavy atom. The zero-order valence-corrected chi connectivity index (χ0v) is 30.7. The van der Waals surface area contributed by atoms with E-state index >= 15 is 0 Å². The van der Waals surface area contributed by atoms with Gasteiger partial charge in [-0.05, 0) is 41.8 Å². The molecule has 0 bridgehead atoms. The molecule has 0 saturated carbocycles. The zero-order valence-electron chi connectivity index (χ0n) is 21.4. The van der Waals surface area contributed by atoms with Crippen molar-refractivity contribution < 1.29 is 145 Å². The number of nitrogen functional groups attached to an aromatic ring is 1. The van der Waals surface area contributed by atoms with Crippen molar-refractivity contribution >= 4 is 68.3 Å². The third kappa shape index (κ3) is 10.7. The number of phenols is 1. The molecule has 0 amide bonds. The average molecular weight is 678 g/mol.